The molecule has 2 heterocycles. The van der Waals surface area contributed by atoms with E-state index >= 15 is 0 Å². The minimum atomic E-state index is -0.669. The predicted molar refractivity (Wildman–Crippen MR) is 112 cm³/mol. The molecule has 29 heavy (non-hydrogen) atoms. The second-order valence-corrected chi connectivity index (χ2v) is 6.74. The highest BCUT2D eigenvalue weighted by Crippen LogP contribution is 2.30. The van der Waals surface area contributed by atoms with Gasteiger partial charge in [0.05, 0.1) is 16.3 Å². The van der Waals surface area contributed by atoms with Gasteiger partial charge >= 0.3 is 0 Å². The van der Waals surface area contributed by atoms with Gasteiger partial charge in [-0.05, 0) is 54.7 Å². The van der Waals surface area contributed by atoms with E-state index in [-0.39, 0.29) is 10.7 Å². The molecule has 0 saturated carbocycles. The Morgan fingerprint density at radius 3 is 2.76 bits per heavy atom. The number of thiocarbonyl (C=S) groups is 1. The van der Waals surface area contributed by atoms with Crippen molar-refractivity contribution in [3.63, 3.8) is 0 Å². The summed E-state index contributed by atoms with van der Waals surface area (Å²) in [6, 6.07) is 14.2. The number of pyridine rings is 1. The minimum Gasteiger partial charge on any atom is -0.434 e. The van der Waals surface area contributed by atoms with Gasteiger partial charge in [-0.25, -0.2) is 9.37 Å². The summed E-state index contributed by atoms with van der Waals surface area (Å²) in [4.78, 5) is 20.7. The fraction of sp³-hybridized carbons (Fsp3) is 0. The highest BCUT2D eigenvalue weighted by molar-refractivity contribution is 7.80. The summed E-state index contributed by atoms with van der Waals surface area (Å²) in [6.07, 6.45) is 1.63. The third-order valence-electron chi connectivity index (χ3n) is 3.97. The monoisotopic (exact) mass is 426 g/mol. The van der Waals surface area contributed by atoms with Gasteiger partial charge in [-0.3, -0.25) is 10.1 Å². The van der Waals surface area contributed by atoms with Crippen molar-refractivity contribution in [2.75, 3.05) is 5.32 Å². The first-order valence-electron chi connectivity index (χ1n) is 8.39. The Balaban J connectivity index is 1.54. The highest BCUT2D eigenvalue weighted by atomic mass is 35.5. The van der Waals surface area contributed by atoms with Gasteiger partial charge in [-0.15, -0.1) is 0 Å². The van der Waals surface area contributed by atoms with Gasteiger partial charge in [0, 0.05) is 11.8 Å². The molecular formula is C20H12ClFN4O2S. The topological polar surface area (TPSA) is 80.0 Å². The number of amides is 1. The molecule has 0 fully saturated rings. The number of benzene rings is 2. The van der Waals surface area contributed by atoms with Crippen molar-refractivity contribution in [1.29, 1.82) is 0 Å². The Morgan fingerprint density at radius 1 is 1.14 bits per heavy atom. The number of anilines is 1. The molecule has 2 aromatic heterocycles. The molecule has 0 aliphatic rings. The lowest BCUT2D eigenvalue weighted by molar-refractivity contribution is 0.0974. The quantitative estimate of drug-likeness (QED) is 0.458. The van der Waals surface area contributed by atoms with Gasteiger partial charge in [0.15, 0.2) is 16.3 Å². The van der Waals surface area contributed by atoms with Crippen molar-refractivity contribution in [3.05, 3.63) is 77.2 Å². The van der Waals surface area contributed by atoms with Gasteiger partial charge in [-0.2, -0.15) is 4.98 Å². The van der Waals surface area contributed by atoms with Gasteiger partial charge in [0.1, 0.15) is 5.82 Å². The van der Waals surface area contributed by atoms with Crippen LogP contribution in [0.25, 0.3) is 22.7 Å². The first kappa shape index (κ1) is 19.0. The predicted octanol–water partition coefficient (Wildman–Crippen LogP) is 4.81. The molecule has 2 N–H and O–H groups in total. The van der Waals surface area contributed by atoms with Crippen LogP contribution in [0.15, 0.2) is 65.2 Å². The van der Waals surface area contributed by atoms with E-state index < -0.39 is 11.7 Å². The van der Waals surface area contributed by atoms with E-state index in [4.69, 9.17) is 28.2 Å². The number of rotatable bonds is 3. The Hall–Kier alpha value is -3.36. The molecule has 4 rings (SSSR count). The van der Waals surface area contributed by atoms with Crippen LogP contribution in [0.3, 0.4) is 0 Å². The molecule has 9 heteroatoms. The van der Waals surface area contributed by atoms with Crippen molar-refractivity contribution in [2.24, 2.45) is 0 Å². The number of oxazole rings is 1. The molecule has 0 bridgehead atoms. The van der Waals surface area contributed by atoms with E-state index in [0.717, 1.165) is 0 Å². The molecule has 0 spiro atoms. The zero-order valence-electron chi connectivity index (χ0n) is 14.6. The molecular weight excluding hydrogens is 415 g/mol. The first-order chi connectivity index (χ1) is 14.0. The summed E-state index contributed by atoms with van der Waals surface area (Å²) in [6.45, 7) is 0. The lowest BCUT2D eigenvalue weighted by Crippen LogP contribution is -2.34. The van der Waals surface area contributed by atoms with E-state index in [0.29, 0.717) is 33.4 Å². The number of carbonyl (C=O) groups excluding carboxylic acids is 1. The maximum Gasteiger partial charge on any atom is 0.260 e. The van der Waals surface area contributed by atoms with Crippen LogP contribution < -0.4 is 10.6 Å². The van der Waals surface area contributed by atoms with Crippen molar-refractivity contribution < 1.29 is 13.6 Å². The second kappa shape index (κ2) is 7.94. The molecule has 1 amide bonds. The summed E-state index contributed by atoms with van der Waals surface area (Å²) >= 11 is 11.4. The molecule has 0 aliphatic heterocycles. The fourth-order valence-corrected chi connectivity index (χ4v) is 2.98. The molecule has 6 nitrogen and oxygen atoms in total. The molecule has 144 valence electrons. The number of aromatic nitrogens is 2. The van der Waals surface area contributed by atoms with Crippen LogP contribution in [-0.4, -0.2) is 21.0 Å². The molecule has 0 atom stereocenters. The zero-order chi connectivity index (χ0) is 20.4. The highest BCUT2D eigenvalue weighted by Gasteiger charge is 2.15. The molecule has 0 unspecified atom stereocenters. The van der Waals surface area contributed by atoms with E-state index in [2.05, 4.69) is 20.6 Å². The standard InChI is InChI=1S/C20H12ClFN4O2S/c21-13-8-7-11(19-25-17-16(28-19)6-3-9-23-17)10-15(13)24-20(29)26-18(27)12-4-1-2-5-14(12)22/h1-10H,(H2,24,26,27,29). The SMILES string of the molecule is O=C(NC(=S)Nc1cc(-c2nc3ncccc3o2)ccc1Cl)c1ccccc1F. The number of nitrogens with zero attached hydrogens (tertiary/aromatic N) is 2. The van der Waals surface area contributed by atoms with E-state index in [1.165, 1.54) is 18.2 Å². The van der Waals surface area contributed by atoms with Crippen LogP contribution in [0.4, 0.5) is 10.1 Å². The summed E-state index contributed by atoms with van der Waals surface area (Å²) in [5.74, 6) is -0.949. The maximum absolute atomic E-state index is 13.7. The Labute approximate surface area is 174 Å². The van der Waals surface area contributed by atoms with E-state index in [9.17, 15) is 9.18 Å². The number of hydrogen-bond donors (Lipinski definition) is 2. The van der Waals surface area contributed by atoms with Crippen molar-refractivity contribution in [3.8, 4) is 11.5 Å². The summed E-state index contributed by atoms with van der Waals surface area (Å²) in [5.41, 5.74) is 1.99. The van der Waals surface area contributed by atoms with Gasteiger partial charge < -0.3 is 9.73 Å². The van der Waals surface area contributed by atoms with Crippen molar-refractivity contribution in [1.82, 2.24) is 15.3 Å². The van der Waals surface area contributed by atoms with Gasteiger partial charge in [0.25, 0.3) is 5.91 Å². The Bertz CT molecular complexity index is 1210. The normalized spacial score (nSPS) is 10.7. The van der Waals surface area contributed by atoms with Crippen LogP contribution in [0.1, 0.15) is 10.4 Å². The Kier molecular flexibility index (Phi) is 5.20. The average Bonchev–Trinajstić information content (AvgIpc) is 3.14. The number of carbonyl (C=O) groups is 1. The second-order valence-electron chi connectivity index (χ2n) is 5.93. The summed E-state index contributed by atoms with van der Waals surface area (Å²) < 4.78 is 19.4. The first-order valence-corrected chi connectivity index (χ1v) is 9.18. The largest absolute Gasteiger partial charge is 0.434 e. The van der Waals surface area contributed by atoms with Crippen LogP contribution in [-0.2, 0) is 0 Å². The fourth-order valence-electron chi connectivity index (χ4n) is 2.62. The smallest absolute Gasteiger partial charge is 0.260 e. The summed E-state index contributed by atoms with van der Waals surface area (Å²) in [5, 5.41) is 5.60. The zero-order valence-corrected chi connectivity index (χ0v) is 16.2. The maximum atomic E-state index is 13.7. The number of nitrogens with one attached hydrogen (secondary N) is 2. The summed E-state index contributed by atoms with van der Waals surface area (Å²) in [7, 11) is 0. The van der Waals surface area contributed by atoms with Crippen LogP contribution in [0.5, 0.6) is 0 Å². The average molecular weight is 427 g/mol. The van der Waals surface area contributed by atoms with Crippen LogP contribution in [0.2, 0.25) is 5.02 Å². The van der Waals surface area contributed by atoms with Crippen molar-refractivity contribution in [2.45, 2.75) is 0 Å². The van der Waals surface area contributed by atoms with Crippen LogP contribution >= 0.6 is 23.8 Å². The molecule has 0 radical (unpaired) electrons. The number of halogens is 2. The Morgan fingerprint density at radius 2 is 1.97 bits per heavy atom. The number of fused-ring (bicyclic) bond motifs is 1. The lowest BCUT2D eigenvalue weighted by atomic mass is 10.2. The minimum absolute atomic E-state index is 0.0310. The lowest BCUT2D eigenvalue weighted by Gasteiger charge is -2.12. The molecule has 4 aromatic rings. The van der Waals surface area contributed by atoms with E-state index in [1.54, 1.807) is 42.6 Å². The van der Waals surface area contributed by atoms with E-state index in [1.807, 2.05) is 0 Å². The third kappa shape index (κ3) is 4.08. The molecule has 0 saturated heterocycles. The van der Waals surface area contributed by atoms with Gasteiger partial charge in [-0.1, -0.05) is 23.7 Å². The van der Waals surface area contributed by atoms with Crippen molar-refractivity contribution >= 4 is 51.8 Å². The van der Waals surface area contributed by atoms with Gasteiger partial charge in [0.2, 0.25) is 5.89 Å². The molecule has 0 aliphatic carbocycles. The van der Waals surface area contributed by atoms with Crippen LogP contribution in [0, 0.1) is 5.82 Å². The third-order valence-corrected chi connectivity index (χ3v) is 4.51. The molecule has 2 aromatic carbocycles. The number of hydrogen-bond acceptors (Lipinski definition) is 5.